The van der Waals surface area contributed by atoms with Crippen molar-refractivity contribution in [2.45, 2.75) is 38.5 Å². The summed E-state index contributed by atoms with van der Waals surface area (Å²) in [4.78, 5) is 1.37. The zero-order chi connectivity index (χ0) is 12.8. The zero-order valence-corrected chi connectivity index (χ0v) is 12.3. The van der Waals surface area contributed by atoms with Crippen LogP contribution >= 0.6 is 11.8 Å². The molecule has 2 rings (SSSR count). The Labute approximate surface area is 109 Å². The van der Waals surface area contributed by atoms with E-state index in [-0.39, 0.29) is 0 Å². The third kappa shape index (κ3) is 3.04. The molecule has 0 aliphatic rings. The Morgan fingerprint density at radius 2 is 1.47 bits per heavy atom. The van der Waals surface area contributed by atoms with Crippen LogP contribution in [0, 0.1) is 0 Å². The monoisotopic (exact) mass is 246 g/mol. The summed E-state index contributed by atoms with van der Waals surface area (Å²) in [5.74, 6) is 0.589. The number of hydrogen-bond donors (Lipinski definition) is 0. The van der Waals surface area contributed by atoms with Gasteiger partial charge in [-0.1, -0.05) is 58.0 Å². The maximum atomic E-state index is 2.26. The fourth-order valence-corrected chi connectivity index (χ4v) is 2.58. The summed E-state index contributed by atoms with van der Waals surface area (Å²) < 4.78 is 0. The van der Waals surface area contributed by atoms with Gasteiger partial charge in [-0.05, 0) is 34.6 Å². The molecular weight excluding hydrogens is 224 g/mol. The quantitative estimate of drug-likeness (QED) is 0.611. The third-order valence-corrected chi connectivity index (χ3v) is 3.56. The van der Waals surface area contributed by atoms with Crippen molar-refractivity contribution in [3.05, 3.63) is 42.0 Å². The van der Waals surface area contributed by atoms with Gasteiger partial charge >= 0.3 is 0 Å². The van der Waals surface area contributed by atoms with E-state index in [1.54, 1.807) is 0 Å². The van der Waals surface area contributed by atoms with Crippen LogP contribution in [0.4, 0.5) is 0 Å². The average Bonchev–Trinajstić information content (AvgIpc) is 2.39. The van der Waals surface area contributed by atoms with Crippen LogP contribution in [0.2, 0.25) is 0 Å². The third-order valence-electron chi connectivity index (χ3n) is 2.76. The summed E-state index contributed by atoms with van der Waals surface area (Å²) in [5.41, 5.74) is 1.45. The highest BCUT2D eigenvalue weighted by molar-refractivity contribution is 7.98. The summed E-state index contributed by atoms with van der Waals surface area (Å²) in [6.07, 6.45) is 2.14. The van der Waals surface area contributed by atoms with Crippen LogP contribution in [0.15, 0.2) is 41.3 Å². The molecule has 0 aliphatic heterocycles. The van der Waals surface area contributed by atoms with Crippen LogP contribution in [0.5, 0.6) is 0 Å². The summed E-state index contributed by atoms with van der Waals surface area (Å²) >= 11 is 1.82. The molecule has 2 aromatic rings. The van der Waals surface area contributed by atoms with E-state index in [2.05, 4.69) is 56.5 Å². The smallest absolute Gasteiger partial charge is 0.0148 e. The molecule has 0 fully saturated rings. The second-order valence-corrected chi connectivity index (χ2v) is 4.91. The molecule has 0 radical (unpaired) electrons. The molecule has 17 heavy (non-hydrogen) atoms. The minimum atomic E-state index is 0.589. The van der Waals surface area contributed by atoms with Crippen molar-refractivity contribution in [1.29, 1.82) is 0 Å². The van der Waals surface area contributed by atoms with Crippen molar-refractivity contribution >= 4 is 22.5 Å². The van der Waals surface area contributed by atoms with Crippen molar-refractivity contribution in [1.82, 2.24) is 0 Å². The van der Waals surface area contributed by atoms with Crippen molar-refractivity contribution in [2.75, 3.05) is 6.26 Å². The second kappa shape index (κ2) is 6.70. The van der Waals surface area contributed by atoms with Gasteiger partial charge in [-0.25, -0.2) is 0 Å². The maximum absolute atomic E-state index is 2.26. The topological polar surface area (TPSA) is 0 Å². The fraction of sp³-hybridized carbons (Fsp3) is 0.375. The highest BCUT2D eigenvalue weighted by atomic mass is 32.2. The van der Waals surface area contributed by atoms with Gasteiger partial charge in [-0.2, -0.15) is 0 Å². The second-order valence-electron chi connectivity index (χ2n) is 4.06. The molecule has 2 aromatic carbocycles. The van der Waals surface area contributed by atoms with Crippen LogP contribution < -0.4 is 0 Å². The molecule has 0 amide bonds. The number of fused-ring (bicyclic) bond motifs is 1. The molecule has 92 valence electrons. The Bertz CT molecular complexity index is 472. The first-order chi connectivity index (χ1) is 8.24. The molecule has 0 bridgehead atoms. The Morgan fingerprint density at radius 3 is 2.00 bits per heavy atom. The van der Waals surface area contributed by atoms with Crippen molar-refractivity contribution in [3.63, 3.8) is 0 Å². The van der Waals surface area contributed by atoms with Crippen LogP contribution in [0.1, 0.15) is 39.2 Å². The molecule has 0 saturated carbocycles. The Kier molecular flexibility index (Phi) is 5.57. The Morgan fingerprint density at radius 1 is 0.882 bits per heavy atom. The maximum Gasteiger partial charge on any atom is 0.0148 e. The van der Waals surface area contributed by atoms with Crippen LogP contribution in [0.25, 0.3) is 10.8 Å². The lowest BCUT2D eigenvalue weighted by molar-refractivity contribution is 0.875. The molecule has 0 N–H and O–H groups in total. The number of thioether (sulfide) groups is 1. The molecule has 0 spiro atoms. The van der Waals surface area contributed by atoms with E-state index in [1.165, 1.54) is 21.2 Å². The summed E-state index contributed by atoms with van der Waals surface area (Å²) in [5, 5.41) is 2.79. The van der Waals surface area contributed by atoms with Gasteiger partial charge in [0.15, 0.2) is 0 Å². The van der Waals surface area contributed by atoms with E-state index in [4.69, 9.17) is 0 Å². The van der Waals surface area contributed by atoms with E-state index in [9.17, 15) is 0 Å². The normalized spacial score (nSPS) is 10.2. The molecule has 1 heteroatoms. The van der Waals surface area contributed by atoms with Crippen molar-refractivity contribution < 1.29 is 0 Å². The lowest BCUT2D eigenvalue weighted by Crippen LogP contribution is -1.90. The minimum absolute atomic E-state index is 0.589. The predicted octanol–water partition coefficient (Wildman–Crippen LogP) is 5.71. The lowest BCUT2D eigenvalue weighted by atomic mass is 9.96. The van der Waals surface area contributed by atoms with Crippen LogP contribution in [-0.4, -0.2) is 6.26 Å². The predicted molar refractivity (Wildman–Crippen MR) is 81.2 cm³/mol. The first-order valence-electron chi connectivity index (χ1n) is 6.29. The van der Waals surface area contributed by atoms with Crippen molar-refractivity contribution in [2.24, 2.45) is 0 Å². The molecule has 0 heterocycles. The highest BCUT2D eigenvalue weighted by Gasteiger charge is 2.07. The molecule has 0 unspecified atom stereocenters. The molecule has 0 atom stereocenters. The zero-order valence-electron chi connectivity index (χ0n) is 11.4. The lowest BCUT2D eigenvalue weighted by Gasteiger charge is -2.12. The van der Waals surface area contributed by atoms with Crippen molar-refractivity contribution in [3.8, 4) is 0 Å². The van der Waals surface area contributed by atoms with Gasteiger partial charge in [-0.3, -0.25) is 0 Å². The first-order valence-corrected chi connectivity index (χ1v) is 7.52. The first kappa shape index (κ1) is 14.1. The largest absolute Gasteiger partial charge is 0.129 e. The van der Waals surface area contributed by atoms with Gasteiger partial charge in [0.25, 0.3) is 0 Å². The van der Waals surface area contributed by atoms with E-state index < -0.39 is 0 Å². The Hall–Kier alpha value is -0.950. The number of benzene rings is 2. The highest BCUT2D eigenvalue weighted by Crippen LogP contribution is 2.31. The van der Waals surface area contributed by atoms with E-state index in [1.807, 2.05) is 25.6 Å². The van der Waals surface area contributed by atoms with Gasteiger partial charge < -0.3 is 0 Å². The minimum Gasteiger partial charge on any atom is -0.129 e. The van der Waals surface area contributed by atoms with E-state index in [0.717, 1.165) is 0 Å². The van der Waals surface area contributed by atoms with E-state index in [0.29, 0.717) is 5.92 Å². The molecular formula is C16H22S. The van der Waals surface area contributed by atoms with Gasteiger partial charge in [-0.15, -0.1) is 11.8 Å². The average molecular weight is 246 g/mol. The molecule has 0 aliphatic carbocycles. The van der Waals surface area contributed by atoms with Gasteiger partial charge in [0.05, 0.1) is 0 Å². The van der Waals surface area contributed by atoms with E-state index >= 15 is 0 Å². The summed E-state index contributed by atoms with van der Waals surface area (Å²) in [6.45, 7) is 8.50. The van der Waals surface area contributed by atoms with Gasteiger partial charge in [0, 0.05) is 4.90 Å². The SMILES string of the molecule is CC.CSc1ccc(C(C)C)c2ccccc12. The molecule has 0 saturated heterocycles. The molecule has 0 aromatic heterocycles. The van der Waals surface area contributed by atoms with Gasteiger partial charge in [0.2, 0.25) is 0 Å². The number of hydrogen-bond acceptors (Lipinski definition) is 1. The van der Waals surface area contributed by atoms with Gasteiger partial charge in [0.1, 0.15) is 0 Å². The summed E-state index contributed by atoms with van der Waals surface area (Å²) in [6, 6.07) is 13.2. The Balaban J connectivity index is 0.000000686. The molecule has 0 nitrogen and oxygen atoms in total. The van der Waals surface area contributed by atoms with Crippen LogP contribution in [-0.2, 0) is 0 Å². The standard InChI is InChI=1S/C14H16S.C2H6/c1-10(2)11-8-9-14(15-3)13-7-5-4-6-12(11)13;1-2/h4-10H,1-3H3;1-2H3. The fourth-order valence-electron chi connectivity index (χ4n) is 1.98. The number of rotatable bonds is 2. The summed E-state index contributed by atoms with van der Waals surface area (Å²) in [7, 11) is 0. The van der Waals surface area contributed by atoms with Crippen LogP contribution in [0.3, 0.4) is 0 Å².